The van der Waals surface area contributed by atoms with Gasteiger partial charge in [0.15, 0.2) is 9.84 Å². The number of aliphatic hydroxyl groups is 1. The molecule has 1 atom stereocenters. The van der Waals surface area contributed by atoms with Crippen LogP contribution in [0.4, 0.5) is 0 Å². The van der Waals surface area contributed by atoms with Crippen molar-refractivity contribution in [3.63, 3.8) is 0 Å². The monoisotopic (exact) mass is 242 g/mol. The van der Waals surface area contributed by atoms with Gasteiger partial charge in [-0.1, -0.05) is 12.1 Å². The zero-order valence-corrected chi connectivity index (χ0v) is 9.78. The Hall–Kier alpha value is -1.07. The summed E-state index contributed by atoms with van der Waals surface area (Å²) in [6.07, 6.45) is -0.722. The van der Waals surface area contributed by atoms with Crippen LogP contribution >= 0.6 is 0 Å². The first kappa shape index (κ1) is 11.4. The van der Waals surface area contributed by atoms with E-state index < -0.39 is 15.9 Å². The van der Waals surface area contributed by atoms with E-state index in [1.165, 1.54) is 0 Å². The molecule has 1 heterocycles. The lowest BCUT2D eigenvalue weighted by Gasteiger charge is -2.26. The molecule has 1 N–H and O–H groups in total. The third kappa shape index (κ3) is 2.54. The molecular formula is C11H14O4S. The minimum atomic E-state index is -2.84. The molecule has 0 aliphatic carbocycles. The number of aliphatic hydroxyl groups excluding tert-OH is 1. The normalized spacial score (nSPS) is 21.1. The zero-order valence-electron chi connectivity index (χ0n) is 8.96. The first-order valence-corrected chi connectivity index (χ1v) is 6.93. The van der Waals surface area contributed by atoms with Crippen LogP contribution in [-0.4, -0.2) is 31.1 Å². The Morgan fingerprint density at radius 3 is 2.31 bits per heavy atom. The third-order valence-corrected chi connectivity index (χ3v) is 4.30. The molecule has 0 radical (unpaired) electrons. The number of hydrogen-bond donors (Lipinski definition) is 1. The summed E-state index contributed by atoms with van der Waals surface area (Å²) in [5, 5.41) is 9.30. The molecule has 88 valence electrons. The highest BCUT2D eigenvalue weighted by molar-refractivity contribution is 7.92. The van der Waals surface area contributed by atoms with Crippen LogP contribution in [0.3, 0.4) is 0 Å². The number of ether oxygens (including phenoxy) is 1. The van der Waals surface area contributed by atoms with Crippen LogP contribution < -0.4 is 4.74 Å². The number of hydrogen-bond acceptors (Lipinski definition) is 4. The zero-order chi connectivity index (χ0) is 11.8. The van der Waals surface area contributed by atoms with Gasteiger partial charge in [-0.2, -0.15) is 0 Å². The predicted octanol–water partition coefficient (Wildman–Crippen LogP) is 0.916. The van der Waals surface area contributed by atoms with Gasteiger partial charge in [-0.15, -0.1) is 0 Å². The van der Waals surface area contributed by atoms with Crippen LogP contribution in [0.1, 0.15) is 18.6 Å². The standard InChI is InChI=1S/C11H14O4S/c1-8(12)9-2-4-10(5-3-9)15-11-6-16(13,14)7-11/h2-5,8,11-12H,6-7H2,1H3. The van der Waals surface area contributed by atoms with Gasteiger partial charge in [0.2, 0.25) is 0 Å². The van der Waals surface area contributed by atoms with Gasteiger partial charge in [0.25, 0.3) is 0 Å². The molecule has 16 heavy (non-hydrogen) atoms. The summed E-state index contributed by atoms with van der Waals surface area (Å²) in [7, 11) is -2.84. The van der Waals surface area contributed by atoms with Crippen molar-refractivity contribution in [3.8, 4) is 5.75 Å². The maximum Gasteiger partial charge on any atom is 0.157 e. The van der Waals surface area contributed by atoms with Crippen LogP contribution in [0, 0.1) is 0 Å². The maximum atomic E-state index is 10.9. The Morgan fingerprint density at radius 1 is 1.31 bits per heavy atom. The molecular weight excluding hydrogens is 228 g/mol. The summed E-state index contributed by atoms with van der Waals surface area (Å²) < 4.78 is 27.3. The molecule has 0 amide bonds. The molecule has 0 bridgehead atoms. The molecule has 0 aromatic heterocycles. The van der Waals surface area contributed by atoms with Gasteiger partial charge in [-0.25, -0.2) is 8.42 Å². The lowest BCUT2D eigenvalue weighted by molar-refractivity contribution is 0.198. The van der Waals surface area contributed by atoms with Gasteiger partial charge in [0, 0.05) is 0 Å². The summed E-state index contributed by atoms with van der Waals surface area (Å²) >= 11 is 0. The quantitative estimate of drug-likeness (QED) is 0.856. The molecule has 1 unspecified atom stereocenters. The molecule has 4 nitrogen and oxygen atoms in total. The Balaban J connectivity index is 1.96. The van der Waals surface area contributed by atoms with Crippen LogP contribution in [0.2, 0.25) is 0 Å². The molecule has 2 rings (SSSR count). The van der Waals surface area contributed by atoms with Crippen molar-refractivity contribution >= 4 is 9.84 Å². The van der Waals surface area contributed by atoms with E-state index in [2.05, 4.69) is 0 Å². The summed E-state index contributed by atoms with van der Waals surface area (Å²) in [5.74, 6) is 0.848. The second-order valence-corrected chi connectivity index (χ2v) is 6.22. The van der Waals surface area contributed by atoms with Gasteiger partial charge >= 0.3 is 0 Å². The van der Waals surface area contributed by atoms with Crippen LogP contribution in [0.25, 0.3) is 0 Å². The summed E-state index contributed by atoms with van der Waals surface area (Å²) in [6.45, 7) is 1.69. The van der Waals surface area contributed by atoms with Crippen molar-refractivity contribution in [3.05, 3.63) is 29.8 Å². The first-order chi connectivity index (χ1) is 7.46. The smallest absolute Gasteiger partial charge is 0.157 e. The number of benzene rings is 1. The van der Waals surface area contributed by atoms with Crippen LogP contribution in [-0.2, 0) is 9.84 Å². The molecule has 1 aliphatic rings. The summed E-state index contributed by atoms with van der Waals surface area (Å²) in [5.41, 5.74) is 0.814. The minimum absolute atomic E-state index is 0.102. The molecule has 1 aromatic rings. The Morgan fingerprint density at radius 2 is 1.88 bits per heavy atom. The highest BCUT2D eigenvalue weighted by atomic mass is 32.2. The summed E-state index contributed by atoms with van der Waals surface area (Å²) in [4.78, 5) is 0. The van der Waals surface area contributed by atoms with Crippen molar-refractivity contribution in [2.24, 2.45) is 0 Å². The average Bonchev–Trinajstić information content (AvgIpc) is 2.15. The highest BCUT2D eigenvalue weighted by Crippen LogP contribution is 2.21. The van der Waals surface area contributed by atoms with Gasteiger partial charge in [-0.3, -0.25) is 0 Å². The Bertz CT molecular complexity index is 449. The fraction of sp³-hybridized carbons (Fsp3) is 0.455. The van der Waals surface area contributed by atoms with E-state index in [1.54, 1.807) is 31.2 Å². The molecule has 0 spiro atoms. The van der Waals surface area contributed by atoms with Crippen molar-refractivity contribution in [2.45, 2.75) is 19.1 Å². The van der Waals surface area contributed by atoms with Gasteiger partial charge < -0.3 is 9.84 Å². The third-order valence-electron chi connectivity index (χ3n) is 2.54. The van der Waals surface area contributed by atoms with Crippen LogP contribution in [0.5, 0.6) is 5.75 Å². The second kappa shape index (κ2) is 4.07. The molecule has 1 aromatic carbocycles. The highest BCUT2D eigenvalue weighted by Gasteiger charge is 2.35. The molecule has 1 saturated heterocycles. The molecule has 0 saturated carbocycles. The van der Waals surface area contributed by atoms with E-state index in [9.17, 15) is 13.5 Å². The van der Waals surface area contributed by atoms with E-state index in [0.717, 1.165) is 5.56 Å². The first-order valence-electron chi connectivity index (χ1n) is 5.11. The second-order valence-electron chi connectivity index (χ2n) is 4.06. The molecule has 1 aliphatic heterocycles. The van der Waals surface area contributed by atoms with Crippen molar-refractivity contribution in [2.75, 3.05) is 11.5 Å². The SMILES string of the molecule is CC(O)c1ccc(OC2CS(=O)(=O)C2)cc1. The predicted molar refractivity (Wildman–Crippen MR) is 60.1 cm³/mol. The number of rotatable bonds is 3. The maximum absolute atomic E-state index is 10.9. The Labute approximate surface area is 94.8 Å². The van der Waals surface area contributed by atoms with Crippen LogP contribution in [0.15, 0.2) is 24.3 Å². The van der Waals surface area contributed by atoms with E-state index in [4.69, 9.17) is 4.74 Å². The molecule has 5 heteroatoms. The summed E-state index contributed by atoms with van der Waals surface area (Å²) in [6, 6.07) is 7.03. The van der Waals surface area contributed by atoms with Crippen molar-refractivity contribution in [1.29, 1.82) is 0 Å². The topological polar surface area (TPSA) is 63.6 Å². The van der Waals surface area contributed by atoms with Crippen molar-refractivity contribution in [1.82, 2.24) is 0 Å². The minimum Gasteiger partial charge on any atom is -0.488 e. The Kier molecular flexibility index (Phi) is 2.90. The fourth-order valence-electron chi connectivity index (χ4n) is 1.60. The van der Waals surface area contributed by atoms with Crippen molar-refractivity contribution < 1.29 is 18.3 Å². The van der Waals surface area contributed by atoms with E-state index in [0.29, 0.717) is 5.75 Å². The van der Waals surface area contributed by atoms with Gasteiger partial charge in [-0.05, 0) is 24.6 Å². The molecule has 1 fully saturated rings. The fourth-order valence-corrected chi connectivity index (χ4v) is 2.77. The van der Waals surface area contributed by atoms with Gasteiger partial charge in [0.1, 0.15) is 11.9 Å². The largest absolute Gasteiger partial charge is 0.488 e. The van der Waals surface area contributed by atoms with E-state index in [-0.39, 0.29) is 17.6 Å². The average molecular weight is 242 g/mol. The van der Waals surface area contributed by atoms with Gasteiger partial charge in [0.05, 0.1) is 17.6 Å². The van der Waals surface area contributed by atoms with E-state index >= 15 is 0 Å². The number of sulfone groups is 1. The lowest BCUT2D eigenvalue weighted by atomic mass is 10.1. The van der Waals surface area contributed by atoms with E-state index in [1.807, 2.05) is 0 Å². The lowest BCUT2D eigenvalue weighted by Crippen LogP contribution is -2.45.